The molecular formula is C25H19B2N5O7. The molecule has 0 aliphatic rings. The van der Waals surface area contributed by atoms with Crippen LogP contribution >= 0.6 is 0 Å². The monoisotopic (exact) mass is 523 g/mol. The van der Waals surface area contributed by atoms with E-state index in [9.17, 15) is 0 Å². The third kappa shape index (κ3) is 6.17. The number of benzene rings is 2. The van der Waals surface area contributed by atoms with E-state index in [0.717, 1.165) is 0 Å². The van der Waals surface area contributed by atoms with Crippen LogP contribution in [0.2, 0.25) is 0 Å². The summed E-state index contributed by atoms with van der Waals surface area (Å²) in [5, 5.41) is 51.8. The van der Waals surface area contributed by atoms with E-state index in [1.54, 1.807) is 79.0 Å². The molecule has 0 atom stereocenters. The van der Waals surface area contributed by atoms with E-state index in [2.05, 4.69) is 25.4 Å². The first-order valence-electron chi connectivity index (χ1n) is 11.5. The van der Waals surface area contributed by atoms with Gasteiger partial charge in [0.05, 0.1) is 6.26 Å². The van der Waals surface area contributed by atoms with Crippen LogP contribution in [0, 0.1) is 0 Å². The highest BCUT2D eigenvalue weighted by Crippen LogP contribution is 2.24. The van der Waals surface area contributed by atoms with Gasteiger partial charge < -0.3 is 33.3 Å². The Bertz CT molecular complexity index is 1610. The maximum Gasteiger partial charge on any atom is 0.488 e. The summed E-state index contributed by atoms with van der Waals surface area (Å²) in [7, 11) is -2.98. The zero-order valence-corrected chi connectivity index (χ0v) is 20.1. The fourth-order valence-corrected chi connectivity index (χ4v) is 3.37. The number of hydrogen-bond acceptors (Lipinski definition) is 12. The molecule has 6 rings (SSSR count). The quantitative estimate of drug-likeness (QED) is 0.229. The van der Waals surface area contributed by atoms with Crippen LogP contribution in [-0.2, 0) is 0 Å². The summed E-state index contributed by atoms with van der Waals surface area (Å²) in [4.78, 5) is 4.13. The van der Waals surface area contributed by atoms with Gasteiger partial charge in [-0.2, -0.15) is 0 Å². The van der Waals surface area contributed by atoms with E-state index in [4.69, 9.17) is 33.3 Å². The largest absolute Gasteiger partial charge is 0.488 e. The summed E-state index contributed by atoms with van der Waals surface area (Å²) in [5.74, 6) is 1.83. The molecule has 12 nitrogen and oxygen atoms in total. The normalized spacial score (nSPS) is 10.6. The van der Waals surface area contributed by atoms with Crippen molar-refractivity contribution in [2.45, 2.75) is 0 Å². The minimum absolute atomic E-state index is 0.297. The van der Waals surface area contributed by atoms with E-state index < -0.39 is 14.2 Å². The Balaban J connectivity index is 0.000000158. The third-order valence-corrected chi connectivity index (χ3v) is 5.38. The summed E-state index contributed by atoms with van der Waals surface area (Å²) in [6.45, 7) is 0. The molecule has 2 aromatic carbocycles. The number of rotatable bonds is 6. The van der Waals surface area contributed by atoms with Crippen molar-refractivity contribution in [3.8, 4) is 46.1 Å². The maximum atomic E-state index is 9.03. The Morgan fingerprint density at radius 1 is 0.538 bits per heavy atom. The van der Waals surface area contributed by atoms with Crippen LogP contribution < -0.4 is 10.9 Å². The van der Waals surface area contributed by atoms with Gasteiger partial charge in [0.15, 0.2) is 5.76 Å². The molecule has 0 fully saturated rings. The minimum Gasteiger partial charge on any atom is -0.459 e. The standard InChI is InChI=1S/C13H10BN3O3.C12H9BN2O4/c18-14(19)10-6-4-9(5-7-10)12-16-17-13(20-12)11-3-1-2-8-15-11;16-13(17)9-5-3-8(4-6-9)11-14-15-12(19-11)10-2-1-7-18-10/h1-8,18-19H;1-7,16-17H. The van der Waals surface area contributed by atoms with Crippen molar-refractivity contribution in [2.24, 2.45) is 0 Å². The van der Waals surface area contributed by atoms with Gasteiger partial charge in [-0.3, -0.25) is 4.98 Å². The molecule has 0 spiro atoms. The van der Waals surface area contributed by atoms with Crippen LogP contribution in [0.1, 0.15) is 0 Å². The second-order valence-corrected chi connectivity index (χ2v) is 8.01. The highest BCUT2D eigenvalue weighted by Gasteiger charge is 2.15. The van der Waals surface area contributed by atoms with Crippen molar-refractivity contribution >= 4 is 25.2 Å². The zero-order chi connectivity index (χ0) is 27.2. The van der Waals surface area contributed by atoms with E-state index in [1.807, 2.05) is 6.07 Å². The van der Waals surface area contributed by atoms with Gasteiger partial charge in [0, 0.05) is 17.3 Å². The van der Waals surface area contributed by atoms with Crippen molar-refractivity contribution in [3.63, 3.8) is 0 Å². The first-order valence-corrected chi connectivity index (χ1v) is 11.5. The Kier molecular flexibility index (Phi) is 7.70. The Morgan fingerprint density at radius 3 is 1.56 bits per heavy atom. The van der Waals surface area contributed by atoms with E-state index >= 15 is 0 Å². The molecule has 0 aliphatic carbocycles. The first kappa shape index (κ1) is 25.8. The van der Waals surface area contributed by atoms with E-state index in [0.29, 0.717) is 57.1 Å². The maximum absolute atomic E-state index is 9.03. The summed E-state index contributed by atoms with van der Waals surface area (Å²) >= 11 is 0. The molecule has 6 aromatic rings. The van der Waals surface area contributed by atoms with Gasteiger partial charge in [-0.05, 0) is 59.5 Å². The topological polar surface area (TPSA) is 185 Å². The van der Waals surface area contributed by atoms with Gasteiger partial charge in [0.25, 0.3) is 11.8 Å². The lowest BCUT2D eigenvalue weighted by Crippen LogP contribution is -2.29. The summed E-state index contributed by atoms with van der Waals surface area (Å²) in [6, 6.07) is 21.9. The van der Waals surface area contributed by atoms with Crippen molar-refractivity contribution in [3.05, 3.63) is 91.3 Å². The molecule has 4 aromatic heterocycles. The van der Waals surface area contributed by atoms with Gasteiger partial charge in [0.1, 0.15) is 5.69 Å². The molecule has 0 amide bonds. The predicted molar refractivity (Wildman–Crippen MR) is 140 cm³/mol. The lowest BCUT2D eigenvalue weighted by molar-refractivity contribution is 0.424. The van der Waals surface area contributed by atoms with Crippen molar-refractivity contribution < 1.29 is 33.3 Å². The molecule has 0 saturated heterocycles. The second kappa shape index (κ2) is 11.7. The molecule has 0 bridgehead atoms. The fourth-order valence-electron chi connectivity index (χ4n) is 3.37. The van der Waals surface area contributed by atoms with Gasteiger partial charge >= 0.3 is 14.2 Å². The molecule has 0 radical (unpaired) electrons. The molecule has 0 aliphatic heterocycles. The number of aromatic nitrogens is 5. The van der Waals surface area contributed by atoms with Crippen molar-refractivity contribution in [2.75, 3.05) is 0 Å². The fraction of sp³-hybridized carbons (Fsp3) is 0. The van der Waals surface area contributed by atoms with Crippen LogP contribution in [0.3, 0.4) is 0 Å². The number of nitrogens with zero attached hydrogens (tertiary/aromatic N) is 5. The Labute approximate surface area is 221 Å². The smallest absolute Gasteiger partial charge is 0.459 e. The highest BCUT2D eigenvalue weighted by molar-refractivity contribution is 6.58. The van der Waals surface area contributed by atoms with Crippen LogP contribution in [-0.4, -0.2) is 59.7 Å². The number of furan rings is 1. The average Bonchev–Trinajstić information content (AvgIpc) is 3.76. The van der Waals surface area contributed by atoms with Gasteiger partial charge in [-0.15, -0.1) is 20.4 Å². The lowest BCUT2D eigenvalue weighted by Gasteiger charge is -1.99. The molecule has 14 heteroatoms. The molecule has 0 saturated carbocycles. The molecule has 4 heterocycles. The highest BCUT2D eigenvalue weighted by atomic mass is 16.4. The van der Waals surface area contributed by atoms with Crippen molar-refractivity contribution in [1.29, 1.82) is 0 Å². The predicted octanol–water partition coefficient (Wildman–Crippen LogP) is 1.15. The van der Waals surface area contributed by atoms with Crippen LogP contribution in [0.4, 0.5) is 0 Å². The Morgan fingerprint density at radius 2 is 1.08 bits per heavy atom. The molecule has 4 N–H and O–H groups in total. The van der Waals surface area contributed by atoms with E-state index in [-0.39, 0.29) is 0 Å². The second-order valence-electron chi connectivity index (χ2n) is 8.01. The zero-order valence-electron chi connectivity index (χ0n) is 20.1. The molecule has 0 unspecified atom stereocenters. The Hall–Kier alpha value is -4.88. The molecular weight excluding hydrogens is 504 g/mol. The van der Waals surface area contributed by atoms with Crippen molar-refractivity contribution in [1.82, 2.24) is 25.4 Å². The molecule has 39 heavy (non-hydrogen) atoms. The average molecular weight is 523 g/mol. The first-order chi connectivity index (χ1) is 19.0. The minimum atomic E-state index is -1.49. The summed E-state index contributed by atoms with van der Waals surface area (Å²) in [5.41, 5.74) is 2.79. The lowest BCUT2D eigenvalue weighted by atomic mass is 9.80. The summed E-state index contributed by atoms with van der Waals surface area (Å²) in [6.07, 6.45) is 3.17. The number of hydrogen-bond donors (Lipinski definition) is 4. The van der Waals surface area contributed by atoms with Gasteiger partial charge in [-0.1, -0.05) is 30.3 Å². The SMILES string of the molecule is OB(O)c1ccc(-c2nnc(-c3ccccn3)o2)cc1.OB(O)c1ccc(-c2nnc(-c3ccco3)o2)cc1. The third-order valence-electron chi connectivity index (χ3n) is 5.38. The van der Waals surface area contributed by atoms with E-state index in [1.165, 1.54) is 6.26 Å². The van der Waals surface area contributed by atoms with Gasteiger partial charge in [-0.25, -0.2) is 0 Å². The van der Waals surface area contributed by atoms with Crippen LogP contribution in [0.5, 0.6) is 0 Å². The van der Waals surface area contributed by atoms with Gasteiger partial charge in [0.2, 0.25) is 11.8 Å². The number of pyridine rings is 1. The molecule has 192 valence electrons. The summed E-state index contributed by atoms with van der Waals surface area (Å²) < 4.78 is 16.2. The van der Waals surface area contributed by atoms with Crippen LogP contribution in [0.15, 0.2) is 105 Å². The van der Waals surface area contributed by atoms with Crippen LogP contribution in [0.25, 0.3) is 46.1 Å².